The first kappa shape index (κ1) is 14.0. The predicted molar refractivity (Wildman–Crippen MR) is 67.4 cm³/mol. The largest absolute Gasteiger partial charge is 0.355 e. The lowest BCUT2D eigenvalue weighted by molar-refractivity contribution is -0.144. The second kappa shape index (κ2) is 5.52. The van der Waals surface area contributed by atoms with Crippen molar-refractivity contribution < 1.29 is 9.59 Å². The third kappa shape index (κ3) is 2.99. The quantitative estimate of drug-likeness (QED) is 0.714. The summed E-state index contributed by atoms with van der Waals surface area (Å²) >= 11 is 0. The van der Waals surface area contributed by atoms with Crippen LogP contribution >= 0.6 is 0 Å². The standard InChI is InChI=1S/C13H24N2O2/c1-5-15(6-2)12(17)13(7-8-13)11(16)14-9-10(3)4/h10H,5-9H2,1-4H3,(H,14,16). The molecule has 4 heteroatoms. The molecular formula is C13H24N2O2. The van der Waals surface area contributed by atoms with Gasteiger partial charge in [0.05, 0.1) is 0 Å². The van der Waals surface area contributed by atoms with Crippen LogP contribution in [0.2, 0.25) is 0 Å². The lowest BCUT2D eigenvalue weighted by atomic mass is 10.0. The van der Waals surface area contributed by atoms with Gasteiger partial charge < -0.3 is 10.2 Å². The van der Waals surface area contributed by atoms with Gasteiger partial charge in [0, 0.05) is 19.6 Å². The Morgan fingerprint density at radius 1 is 1.24 bits per heavy atom. The predicted octanol–water partition coefficient (Wildman–Crippen LogP) is 1.41. The summed E-state index contributed by atoms with van der Waals surface area (Å²) in [6.45, 7) is 9.99. The van der Waals surface area contributed by atoms with E-state index in [1.165, 1.54) is 0 Å². The normalized spacial score (nSPS) is 16.8. The maximum absolute atomic E-state index is 12.2. The van der Waals surface area contributed by atoms with Crippen molar-refractivity contribution in [1.29, 1.82) is 0 Å². The van der Waals surface area contributed by atoms with E-state index in [4.69, 9.17) is 0 Å². The minimum atomic E-state index is -0.735. The molecule has 17 heavy (non-hydrogen) atoms. The summed E-state index contributed by atoms with van der Waals surface area (Å²) < 4.78 is 0. The Labute approximate surface area is 104 Å². The lowest BCUT2D eigenvalue weighted by Crippen LogP contribution is -2.45. The van der Waals surface area contributed by atoms with E-state index in [-0.39, 0.29) is 11.8 Å². The third-order valence-electron chi connectivity index (χ3n) is 3.32. The number of amides is 2. The minimum Gasteiger partial charge on any atom is -0.355 e. The molecular weight excluding hydrogens is 216 g/mol. The van der Waals surface area contributed by atoms with Crippen molar-refractivity contribution in [2.24, 2.45) is 11.3 Å². The van der Waals surface area contributed by atoms with E-state index in [9.17, 15) is 9.59 Å². The van der Waals surface area contributed by atoms with Gasteiger partial charge in [0.2, 0.25) is 11.8 Å². The van der Waals surface area contributed by atoms with Crippen LogP contribution in [0.5, 0.6) is 0 Å². The van der Waals surface area contributed by atoms with Gasteiger partial charge in [-0.3, -0.25) is 9.59 Å². The van der Waals surface area contributed by atoms with E-state index >= 15 is 0 Å². The Bertz CT molecular complexity index is 292. The summed E-state index contributed by atoms with van der Waals surface area (Å²) in [4.78, 5) is 26.0. The average molecular weight is 240 g/mol. The van der Waals surface area contributed by atoms with Gasteiger partial charge in [-0.2, -0.15) is 0 Å². The van der Waals surface area contributed by atoms with Gasteiger partial charge in [-0.05, 0) is 32.6 Å². The fourth-order valence-electron chi connectivity index (χ4n) is 1.94. The number of hydrogen-bond donors (Lipinski definition) is 1. The summed E-state index contributed by atoms with van der Waals surface area (Å²) in [5.41, 5.74) is -0.735. The van der Waals surface area contributed by atoms with Crippen molar-refractivity contribution in [1.82, 2.24) is 10.2 Å². The molecule has 0 aromatic heterocycles. The van der Waals surface area contributed by atoms with Crippen molar-refractivity contribution >= 4 is 11.8 Å². The average Bonchev–Trinajstić information content (AvgIpc) is 3.08. The van der Waals surface area contributed by atoms with E-state index in [2.05, 4.69) is 5.32 Å². The zero-order chi connectivity index (χ0) is 13.1. The number of carbonyl (C=O) groups excluding carboxylic acids is 2. The first-order chi connectivity index (χ1) is 7.97. The van der Waals surface area contributed by atoms with E-state index in [1.807, 2.05) is 27.7 Å². The monoisotopic (exact) mass is 240 g/mol. The van der Waals surface area contributed by atoms with Crippen molar-refractivity contribution in [3.8, 4) is 0 Å². The van der Waals surface area contributed by atoms with Crippen LogP contribution in [0.25, 0.3) is 0 Å². The number of hydrogen-bond acceptors (Lipinski definition) is 2. The van der Waals surface area contributed by atoms with Crippen LogP contribution in [0.15, 0.2) is 0 Å². The molecule has 0 atom stereocenters. The maximum Gasteiger partial charge on any atom is 0.238 e. The van der Waals surface area contributed by atoms with Crippen LogP contribution in [-0.4, -0.2) is 36.3 Å². The first-order valence-electron chi connectivity index (χ1n) is 6.55. The van der Waals surface area contributed by atoms with Crippen molar-refractivity contribution in [3.63, 3.8) is 0 Å². The van der Waals surface area contributed by atoms with Crippen LogP contribution in [0.1, 0.15) is 40.5 Å². The highest BCUT2D eigenvalue weighted by atomic mass is 16.2. The lowest BCUT2D eigenvalue weighted by Gasteiger charge is -2.24. The van der Waals surface area contributed by atoms with E-state index in [0.29, 0.717) is 38.4 Å². The van der Waals surface area contributed by atoms with Crippen LogP contribution < -0.4 is 5.32 Å². The molecule has 0 heterocycles. The second-order valence-corrected chi connectivity index (χ2v) is 5.16. The summed E-state index contributed by atoms with van der Waals surface area (Å²) in [6.07, 6.45) is 1.40. The van der Waals surface area contributed by atoms with Crippen LogP contribution in [-0.2, 0) is 9.59 Å². The van der Waals surface area contributed by atoms with Gasteiger partial charge in [-0.1, -0.05) is 13.8 Å². The molecule has 0 aromatic carbocycles. The van der Waals surface area contributed by atoms with E-state index < -0.39 is 5.41 Å². The summed E-state index contributed by atoms with van der Waals surface area (Å²) in [5.74, 6) is 0.338. The van der Waals surface area contributed by atoms with Gasteiger partial charge in [0.25, 0.3) is 0 Å². The second-order valence-electron chi connectivity index (χ2n) is 5.16. The summed E-state index contributed by atoms with van der Waals surface area (Å²) in [5, 5.41) is 2.88. The highest BCUT2D eigenvalue weighted by Gasteiger charge is 2.57. The number of carbonyl (C=O) groups is 2. The molecule has 0 radical (unpaired) electrons. The van der Waals surface area contributed by atoms with E-state index in [0.717, 1.165) is 0 Å². The highest BCUT2D eigenvalue weighted by Crippen LogP contribution is 2.47. The smallest absolute Gasteiger partial charge is 0.238 e. The molecule has 4 nitrogen and oxygen atoms in total. The number of nitrogens with one attached hydrogen (secondary N) is 1. The molecule has 0 aliphatic heterocycles. The topological polar surface area (TPSA) is 49.4 Å². The Kier molecular flexibility index (Phi) is 4.54. The highest BCUT2D eigenvalue weighted by molar-refractivity contribution is 6.07. The van der Waals surface area contributed by atoms with Crippen molar-refractivity contribution in [2.45, 2.75) is 40.5 Å². The van der Waals surface area contributed by atoms with Gasteiger partial charge in [-0.25, -0.2) is 0 Å². The maximum atomic E-state index is 12.2. The van der Waals surface area contributed by atoms with Crippen molar-refractivity contribution in [3.05, 3.63) is 0 Å². The van der Waals surface area contributed by atoms with Gasteiger partial charge in [0.1, 0.15) is 5.41 Å². The van der Waals surface area contributed by atoms with Gasteiger partial charge in [-0.15, -0.1) is 0 Å². The van der Waals surface area contributed by atoms with E-state index in [1.54, 1.807) is 4.90 Å². The van der Waals surface area contributed by atoms with Crippen molar-refractivity contribution in [2.75, 3.05) is 19.6 Å². The Balaban J connectivity index is 2.62. The zero-order valence-electron chi connectivity index (χ0n) is 11.4. The molecule has 1 fully saturated rings. The zero-order valence-corrected chi connectivity index (χ0v) is 11.4. The molecule has 1 aliphatic carbocycles. The van der Waals surface area contributed by atoms with Crippen LogP contribution in [0.4, 0.5) is 0 Å². The molecule has 0 saturated heterocycles. The Morgan fingerprint density at radius 3 is 2.12 bits per heavy atom. The van der Waals surface area contributed by atoms with Crippen LogP contribution in [0, 0.1) is 11.3 Å². The molecule has 0 unspecified atom stereocenters. The third-order valence-corrected chi connectivity index (χ3v) is 3.32. The Morgan fingerprint density at radius 2 is 1.76 bits per heavy atom. The Hall–Kier alpha value is -1.06. The molecule has 1 N–H and O–H groups in total. The first-order valence-corrected chi connectivity index (χ1v) is 6.55. The number of rotatable bonds is 6. The molecule has 0 aromatic rings. The molecule has 1 rings (SSSR count). The fraction of sp³-hybridized carbons (Fsp3) is 0.846. The van der Waals surface area contributed by atoms with Crippen LogP contribution in [0.3, 0.4) is 0 Å². The number of nitrogens with zero attached hydrogens (tertiary/aromatic N) is 1. The van der Waals surface area contributed by atoms with Gasteiger partial charge in [0.15, 0.2) is 0 Å². The summed E-state index contributed by atoms with van der Waals surface area (Å²) in [6, 6.07) is 0. The molecule has 1 aliphatic rings. The molecule has 98 valence electrons. The fourth-order valence-corrected chi connectivity index (χ4v) is 1.94. The minimum absolute atomic E-state index is 0.00348. The molecule has 0 spiro atoms. The SMILES string of the molecule is CCN(CC)C(=O)C1(C(=O)NCC(C)C)CC1. The molecule has 2 amide bonds. The molecule has 0 bridgehead atoms. The molecule has 1 saturated carbocycles. The summed E-state index contributed by atoms with van der Waals surface area (Å²) in [7, 11) is 0. The van der Waals surface area contributed by atoms with Gasteiger partial charge >= 0.3 is 0 Å².